The largest absolute Gasteiger partial charge is 0.405 e. The van der Waals surface area contributed by atoms with Crippen LogP contribution in [0, 0.1) is 0 Å². The molecule has 0 saturated carbocycles. The van der Waals surface area contributed by atoms with E-state index in [4.69, 9.17) is 5.73 Å². The van der Waals surface area contributed by atoms with Gasteiger partial charge in [-0.15, -0.1) is 0 Å². The lowest BCUT2D eigenvalue weighted by Gasteiger charge is -1.73. The van der Waals surface area contributed by atoms with Gasteiger partial charge in [-0.05, 0) is 29.9 Å². The molecule has 1 aromatic heterocycles. The van der Waals surface area contributed by atoms with Crippen LogP contribution in [-0.4, -0.2) is 4.37 Å². The van der Waals surface area contributed by atoms with Crippen LogP contribution in [0.2, 0.25) is 0 Å². The highest BCUT2D eigenvalue weighted by molar-refractivity contribution is 7.06. The molecule has 0 aliphatic carbocycles. The third-order valence-electron chi connectivity index (χ3n) is 0.718. The quantitative estimate of drug-likeness (QED) is 0.611. The molecular formula is C5H6N2S. The molecule has 0 amide bonds. The van der Waals surface area contributed by atoms with Crippen molar-refractivity contribution in [2.45, 2.75) is 0 Å². The van der Waals surface area contributed by atoms with Crippen LogP contribution in [0.3, 0.4) is 0 Å². The molecule has 1 aromatic rings. The van der Waals surface area contributed by atoms with Gasteiger partial charge in [0.15, 0.2) is 0 Å². The molecule has 0 aromatic carbocycles. The second-order valence-electron chi connectivity index (χ2n) is 1.27. The maximum atomic E-state index is 5.12. The highest BCUT2D eigenvalue weighted by atomic mass is 32.1. The van der Waals surface area contributed by atoms with Gasteiger partial charge in [-0.3, -0.25) is 0 Å². The number of hydrogen-bond donors (Lipinski definition) is 1. The predicted octanol–water partition coefficient (Wildman–Crippen LogP) is 1.07. The first kappa shape index (κ1) is 5.31. The minimum absolute atomic E-state index is 1.09. The summed E-state index contributed by atoms with van der Waals surface area (Å²) in [5.74, 6) is 0. The number of rotatable bonds is 1. The van der Waals surface area contributed by atoms with Gasteiger partial charge in [0.25, 0.3) is 0 Å². The highest BCUT2D eigenvalue weighted by Crippen LogP contribution is 2.04. The first-order chi connectivity index (χ1) is 3.93. The average molecular weight is 126 g/mol. The van der Waals surface area contributed by atoms with Gasteiger partial charge in [0, 0.05) is 11.1 Å². The SMILES string of the molecule is N/C=C/c1ccns1. The second kappa shape index (κ2) is 2.47. The average Bonchev–Trinajstić information content (AvgIpc) is 2.19. The highest BCUT2D eigenvalue weighted by Gasteiger charge is 1.82. The summed E-state index contributed by atoms with van der Waals surface area (Å²) in [5, 5.41) is 0. The molecule has 0 saturated heterocycles. The topological polar surface area (TPSA) is 38.9 Å². The van der Waals surface area contributed by atoms with Crippen molar-refractivity contribution >= 4 is 17.6 Å². The first-order valence-electron chi connectivity index (χ1n) is 2.22. The van der Waals surface area contributed by atoms with E-state index in [0.717, 1.165) is 4.88 Å². The normalized spacial score (nSPS) is 10.5. The Hall–Kier alpha value is -0.830. The molecule has 2 N–H and O–H groups in total. The van der Waals surface area contributed by atoms with Crippen LogP contribution in [0.25, 0.3) is 6.08 Å². The number of nitrogens with two attached hydrogens (primary N) is 1. The van der Waals surface area contributed by atoms with Gasteiger partial charge in [0.05, 0.1) is 0 Å². The van der Waals surface area contributed by atoms with Crippen molar-refractivity contribution in [3.05, 3.63) is 23.3 Å². The fourth-order valence-corrected chi connectivity index (χ4v) is 0.911. The van der Waals surface area contributed by atoms with Crippen LogP contribution in [0.1, 0.15) is 4.88 Å². The second-order valence-corrected chi connectivity index (χ2v) is 2.14. The Labute approximate surface area is 51.8 Å². The van der Waals surface area contributed by atoms with E-state index in [9.17, 15) is 0 Å². The van der Waals surface area contributed by atoms with Gasteiger partial charge in [0.2, 0.25) is 0 Å². The van der Waals surface area contributed by atoms with E-state index in [1.807, 2.05) is 12.1 Å². The molecule has 0 atom stereocenters. The molecule has 1 rings (SSSR count). The maximum absolute atomic E-state index is 5.12. The number of nitrogens with zero attached hydrogens (tertiary/aromatic N) is 1. The lowest BCUT2D eigenvalue weighted by molar-refractivity contribution is 1.58. The van der Waals surface area contributed by atoms with Crippen molar-refractivity contribution in [3.63, 3.8) is 0 Å². The molecule has 0 bridgehead atoms. The molecule has 1 heterocycles. The summed E-state index contributed by atoms with van der Waals surface area (Å²) in [4.78, 5) is 1.09. The molecule has 0 fully saturated rings. The van der Waals surface area contributed by atoms with Gasteiger partial charge < -0.3 is 5.73 Å². The lowest BCUT2D eigenvalue weighted by Crippen LogP contribution is -1.72. The Morgan fingerprint density at radius 3 is 3.12 bits per heavy atom. The summed E-state index contributed by atoms with van der Waals surface area (Å²) in [6.07, 6.45) is 5.07. The van der Waals surface area contributed by atoms with E-state index in [0.29, 0.717) is 0 Å². The lowest BCUT2D eigenvalue weighted by atomic mass is 10.5. The monoisotopic (exact) mass is 126 g/mol. The summed E-state index contributed by atoms with van der Waals surface area (Å²) in [7, 11) is 0. The van der Waals surface area contributed by atoms with Crippen molar-refractivity contribution < 1.29 is 0 Å². The standard InChI is InChI=1S/C5H6N2S/c6-3-1-5-2-4-7-8-5/h1-4H,6H2/b3-1+. The predicted molar refractivity (Wildman–Crippen MR) is 35.3 cm³/mol. The molecule has 0 radical (unpaired) electrons. The Bertz CT molecular complexity index is 167. The van der Waals surface area contributed by atoms with Crippen LogP contribution < -0.4 is 5.73 Å². The zero-order valence-corrected chi connectivity index (χ0v) is 5.06. The fraction of sp³-hybridized carbons (Fsp3) is 0. The molecule has 0 aliphatic rings. The Balaban J connectivity index is 2.77. The molecule has 0 aliphatic heterocycles. The van der Waals surface area contributed by atoms with Gasteiger partial charge in [-0.2, -0.15) is 0 Å². The van der Waals surface area contributed by atoms with E-state index in [1.165, 1.54) is 17.7 Å². The third-order valence-corrected chi connectivity index (χ3v) is 1.43. The van der Waals surface area contributed by atoms with E-state index in [2.05, 4.69) is 4.37 Å². The van der Waals surface area contributed by atoms with Crippen molar-refractivity contribution in [1.29, 1.82) is 0 Å². The van der Waals surface area contributed by atoms with Crippen molar-refractivity contribution in [3.8, 4) is 0 Å². The molecule has 42 valence electrons. The van der Waals surface area contributed by atoms with Crippen molar-refractivity contribution in [1.82, 2.24) is 4.37 Å². The Morgan fingerprint density at radius 2 is 2.62 bits per heavy atom. The van der Waals surface area contributed by atoms with Crippen LogP contribution >= 0.6 is 11.5 Å². The van der Waals surface area contributed by atoms with E-state index in [-0.39, 0.29) is 0 Å². The van der Waals surface area contributed by atoms with E-state index >= 15 is 0 Å². The van der Waals surface area contributed by atoms with Gasteiger partial charge in [-0.1, -0.05) is 0 Å². The minimum atomic E-state index is 1.09. The van der Waals surface area contributed by atoms with Crippen molar-refractivity contribution in [2.24, 2.45) is 5.73 Å². The molecule has 0 unspecified atom stereocenters. The number of hydrogen-bond acceptors (Lipinski definition) is 3. The molecule has 2 nitrogen and oxygen atoms in total. The van der Waals surface area contributed by atoms with Crippen LogP contribution in [0.15, 0.2) is 18.5 Å². The molecule has 0 spiro atoms. The summed E-state index contributed by atoms with van der Waals surface area (Å²) in [5.41, 5.74) is 5.12. The Kier molecular flexibility index (Phi) is 1.64. The van der Waals surface area contributed by atoms with Crippen LogP contribution in [-0.2, 0) is 0 Å². The zero-order valence-electron chi connectivity index (χ0n) is 4.24. The summed E-state index contributed by atoms with van der Waals surface area (Å²) in [6.45, 7) is 0. The fourth-order valence-electron chi connectivity index (χ4n) is 0.406. The van der Waals surface area contributed by atoms with E-state index < -0.39 is 0 Å². The third kappa shape index (κ3) is 1.07. The van der Waals surface area contributed by atoms with Crippen LogP contribution in [0.5, 0.6) is 0 Å². The summed E-state index contributed by atoms with van der Waals surface area (Å²) >= 11 is 1.43. The number of aromatic nitrogens is 1. The maximum Gasteiger partial charge on any atom is 0.0491 e. The molecule has 3 heteroatoms. The molecular weight excluding hydrogens is 120 g/mol. The van der Waals surface area contributed by atoms with E-state index in [1.54, 1.807) is 6.20 Å². The smallest absolute Gasteiger partial charge is 0.0491 e. The van der Waals surface area contributed by atoms with Gasteiger partial charge >= 0.3 is 0 Å². The minimum Gasteiger partial charge on any atom is -0.405 e. The summed E-state index contributed by atoms with van der Waals surface area (Å²) < 4.78 is 3.88. The van der Waals surface area contributed by atoms with Gasteiger partial charge in [-0.25, -0.2) is 4.37 Å². The first-order valence-corrected chi connectivity index (χ1v) is 3.00. The van der Waals surface area contributed by atoms with Gasteiger partial charge in [0.1, 0.15) is 0 Å². The summed E-state index contributed by atoms with van der Waals surface area (Å²) in [6, 6.07) is 1.91. The zero-order chi connectivity index (χ0) is 5.82. The van der Waals surface area contributed by atoms with Crippen LogP contribution in [0.4, 0.5) is 0 Å². The molecule has 8 heavy (non-hydrogen) atoms. The Morgan fingerprint density at radius 1 is 1.75 bits per heavy atom. The van der Waals surface area contributed by atoms with Crippen molar-refractivity contribution in [2.75, 3.05) is 0 Å².